The van der Waals surface area contributed by atoms with Gasteiger partial charge in [0.05, 0.1) is 0 Å². The number of aromatic nitrogens is 2. The summed E-state index contributed by atoms with van der Waals surface area (Å²) in [5, 5.41) is 9.60. The monoisotopic (exact) mass is 197 g/mol. The number of nitrogens with zero attached hydrogens (tertiary/aromatic N) is 2. The van der Waals surface area contributed by atoms with Gasteiger partial charge in [-0.3, -0.25) is 0 Å². The quantitative estimate of drug-likeness (QED) is 0.791. The molecule has 1 aromatic rings. The maximum absolute atomic E-state index is 5.53. The van der Waals surface area contributed by atoms with Crippen molar-refractivity contribution in [2.24, 2.45) is 5.92 Å². The molecule has 3 nitrogen and oxygen atoms in total. The molecule has 0 radical (unpaired) electrons. The van der Waals surface area contributed by atoms with Gasteiger partial charge in [-0.1, -0.05) is 43.4 Å². The third-order valence-electron chi connectivity index (χ3n) is 2.67. The summed E-state index contributed by atoms with van der Waals surface area (Å²) in [7, 11) is 0. The molecule has 0 aromatic carbocycles. The Kier molecular flexibility index (Phi) is 2.78. The average Bonchev–Trinajstić information content (AvgIpc) is 2.53. The summed E-state index contributed by atoms with van der Waals surface area (Å²) in [5.74, 6) is 0.834. The molecule has 2 rings (SSSR count). The highest BCUT2D eigenvalue weighted by atomic mass is 32.1. The molecule has 1 fully saturated rings. The Labute approximate surface area is 82.4 Å². The minimum Gasteiger partial charge on any atom is -0.374 e. The highest BCUT2D eigenvalue weighted by Crippen LogP contribution is 2.27. The van der Waals surface area contributed by atoms with Gasteiger partial charge in [-0.05, 0) is 5.92 Å². The minimum absolute atomic E-state index is 0.603. The Hall–Kier alpha value is -0.640. The average molecular weight is 197 g/mol. The van der Waals surface area contributed by atoms with Crippen molar-refractivity contribution in [3.63, 3.8) is 0 Å². The van der Waals surface area contributed by atoms with E-state index in [0.717, 1.165) is 17.3 Å². The predicted molar refractivity (Wildman–Crippen MR) is 54.6 cm³/mol. The van der Waals surface area contributed by atoms with E-state index in [1.165, 1.54) is 43.4 Å². The molecule has 1 aliphatic carbocycles. The van der Waals surface area contributed by atoms with Gasteiger partial charge >= 0.3 is 0 Å². The Balaban J connectivity index is 1.89. The maximum atomic E-state index is 5.53. The lowest BCUT2D eigenvalue weighted by molar-refractivity contribution is 0.356. The van der Waals surface area contributed by atoms with E-state index in [-0.39, 0.29) is 0 Å². The van der Waals surface area contributed by atoms with E-state index >= 15 is 0 Å². The zero-order valence-electron chi connectivity index (χ0n) is 7.70. The fourth-order valence-electron chi connectivity index (χ4n) is 1.99. The maximum Gasteiger partial charge on any atom is 0.203 e. The van der Waals surface area contributed by atoms with Crippen LogP contribution in [0.25, 0.3) is 0 Å². The van der Waals surface area contributed by atoms with E-state index in [2.05, 4.69) is 10.2 Å². The number of anilines is 1. The lowest BCUT2D eigenvalue weighted by Gasteiger charge is -2.19. The van der Waals surface area contributed by atoms with E-state index in [4.69, 9.17) is 5.73 Å². The Morgan fingerprint density at radius 3 is 2.62 bits per heavy atom. The van der Waals surface area contributed by atoms with Crippen LogP contribution in [-0.2, 0) is 6.42 Å². The zero-order valence-corrected chi connectivity index (χ0v) is 8.52. The minimum atomic E-state index is 0.603. The summed E-state index contributed by atoms with van der Waals surface area (Å²) < 4.78 is 0. The number of hydrogen-bond donors (Lipinski definition) is 1. The molecule has 0 aliphatic heterocycles. The molecule has 4 heteroatoms. The van der Waals surface area contributed by atoms with Crippen molar-refractivity contribution in [3.8, 4) is 0 Å². The molecule has 0 unspecified atom stereocenters. The van der Waals surface area contributed by atoms with Crippen LogP contribution < -0.4 is 5.73 Å². The van der Waals surface area contributed by atoms with Gasteiger partial charge in [0, 0.05) is 6.42 Å². The molecule has 0 bridgehead atoms. The van der Waals surface area contributed by atoms with Gasteiger partial charge in [-0.15, -0.1) is 10.2 Å². The van der Waals surface area contributed by atoms with E-state index in [1.807, 2.05) is 0 Å². The molecule has 0 spiro atoms. The predicted octanol–water partition coefficient (Wildman–Crippen LogP) is 2.24. The molecule has 1 aliphatic rings. The summed E-state index contributed by atoms with van der Waals surface area (Å²) >= 11 is 1.54. The number of hydrogen-bond acceptors (Lipinski definition) is 4. The van der Waals surface area contributed by atoms with Gasteiger partial charge in [-0.2, -0.15) is 0 Å². The van der Waals surface area contributed by atoms with E-state index < -0.39 is 0 Å². The number of nitrogen functional groups attached to an aromatic ring is 1. The third-order valence-corrected chi connectivity index (χ3v) is 3.45. The first-order valence-electron chi connectivity index (χ1n) is 4.92. The van der Waals surface area contributed by atoms with Gasteiger partial charge in [0.2, 0.25) is 5.13 Å². The van der Waals surface area contributed by atoms with Crippen LogP contribution in [0, 0.1) is 5.92 Å². The fourth-order valence-corrected chi connectivity index (χ4v) is 2.71. The van der Waals surface area contributed by atoms with Crippen molar-refractivity contribution in [1.82, 2.24) is 10.2 Å². The van der Waals surface area contributed by atoms with Crippen molar-refractivity contribution in [2.75, 3.05) is 5.73 Å². The first kappa shape index (κ1) is 8.94. The van der Waals surface area contributed by atoms with Crippen molar-refractivity contribution >= 4 is 16.5 Å². The molecule has 72 valence electrons. The summed E-state index contributed by atoms with van der Waals surface area (Å²) in [6, 6.07) is 0. The normalized spacial score (nSPS) is 19.1. The molecule has 13 heavy (non-hydrogen) atoms. The fraction of sp³-hybridized carbons (Fsp3) is 0.778. The molecule has 1 saturated carbocycles. The van der Waals surface area contributed by atoms with Crippen LogP contribution in [-0.4, -0.2) is 10.2 Å². The van der Waals surface area contributed by atoms with Crippen molar-refractivity contribution in [1.29, 1.82) is 0 Å². The van der Waals surface area contributed by atoms with Crippen LogP contribution in [0.5, 0.6) is 0 Å². The lowest BCUT2D eigenvalue weighted by Crippen LogP contribution is -2.08. The molecule has 0 atom stereocenters. The molecule has 0 saturated heterocycles. The highest BCUT2D eigenvalue weighted by Gasteiger charge is 2.15. The second-order valence-corrected chi connectivity index (χ2v) is 4.84. The lowest BCUT2D eigenvalue weighted by atomic mass is 9.87. The van der Waals surface area contributed by atoms with Gasteiger partial charge in [0.1, 0.15) is 5.01 Å². The highest BCUT2D eigenvalue weighted by molar-refractivity contribution is 7.15. The number of rotatable bonds is 2. The van der Waals surface area contributed by atoms with Gasteiger partial charge in [0.15, 0.2) is 0 Å². The summed E-state index contributed by atoms with van der Waals surface area (Å²) in [5.41, 5.74) is 5.53. The van der Waals surface area contributed by atoms with Crippen LogP contribution in [0.2, 0.25) is 0 Å². The van der Waals surface area contributed by atoms with Gasteiger partial charge < -0.3 is 5.73 Å². The largest absolute Gasteiger partial charge is 0.374 e. The first-order chi connectivity index (χ1) is 6.34. The Morgan fingerprint density at radius 2 is 2.00 bits per heavy atom. The van der Waals surface area contributed by atoms with Crippen LogP contribution in [0.1, 0.15) is 37.1 Å². The first-order valence-corrected chi connectivity index (χ1v) is 5.74. The Bertz CT molecular complexity index is 266. The van der Waals surface area contributed by atoms with Crippen molar-refractivity contribution in [3.05, 3.63) is 5.01 Å². The van der Waals surface area contributed by atoms with Crippen LogP contribution in [0.4, 0.5) is 5.13 Å². The van der Waals surface area contributed by atoms with Crippen LogP contribution in [0.15, 0.2) is 0 Å². The summed E-state index contributed by atoms with van der Waals surface area (Å²) in [4.78, 5) is 0. The Morgan fingerprint density at radius 1 is 1.23 bits per heavy atom. The SMILES string of the molecule is Nc1nnc(CC2CCCCC2)s1. The molecule has 1 aromatic heterocycles. The summed E-state index contributed by atoms with van der Waals surface area (Å²) in [6.07, 6.45) is 8.00. The second-order valence-electron chi connectivity index (χ2n) is 3.74. The number of nitrogens with two attached hydrogens (primary N) is 1. The smallest absolute Gasteiger partial charge is 0.203 e. The molecule has 1 heterocycles. The molecular weight excluding hydrogens is 182 g/mol. The van der Waals surface area contributed by atoms with Crippen LogP contribution in [0.3, 0.4) is 0 Å². The second kappa shape index (κ2) is 4.05. The molecule has 2 N–H and O–H groups in total. The topological polar surface area (TPSA) is 51.8 Å². The molecule has 0 amide bonds. The van der Waals surface area contributed by atoms with E-state index in [0.29, 0.717) is 5.13 Å². The van der Waals surface area contributed by atoms with Crippen LogP contribution >= 0.6 is 11.3 Å². The van der Waals surface area contributed by atoms with E-state index in [9.17, 15) is 0 Å². The standard InChI is InChI=1S/C9H15N3S/c10-9-12-11-8(13-9)6-7-4-2-1-3-5-7/h7H,1-6H2,(H2,10,12). The van der Waals surface area contributed by atoms with Gasteiger partial charge in [-0.25, -0.2) is 0 Å². The summed E-state index contributed by atoms with van der Waals surface area (Å²) in [6.45, 7) is 0. The van der Waals surface area contributed by atoms with Crippen molar-refractivity contribution in [2.45, 2.75) is 38.5 Å². The third kappa shape index (κ3) is 2.40. The van der Waals surface area contributed by atoms with E-state index in [1.54, 1.807) is 0 Å². The van der Waals surface area contributed by atoms with Crippen molar-refractivity contribution < 1.29 is 0 Å². The molecular formula is C9H15N3S. The zero-order chi connectivity index (χ0) is 9.10. The van der Waals surface area contributed by atoms with Gasteiger partial charge in [0.25, 0.3) is 0 Å².